The molecule has 0 bridgehead atoms. The van der Waals surface area contributed by atoms with Gasteiger partial charge in [0.1, 0.15) is 0 Å². The first-order valence-electron chi connectivity index (χ1n) is 6.73. The highest BCUT2D eigenvalue weighted by atomic mass is 15.3. The normalized spacial score (nSPS) is 24.2. The van der Waals surface area contributed by atoms with Gasteiger partial charge >= 0.3 is 0 Å². The molecule has 0 radical (unpaired) electrons. The average Bonchev–Trinajstić information content (AvgIpc) is 2.22. The molecule has 0 aromatic carbocycles. The highest BCUT2D eigenvalue weighted by molar-refractivity contribution is 4.76. The minimum absolute atomic E-state index is 0.712. The number of nitrogens with zero attached hydrogens (tertiary/aromatic N) is 2. The van der Waals surface area contributed by atoms with Gasteiger partial charge in [0.25, 0.3) is 0 Å². The van der Waals surface area contributed by atoms with Crippen molar-refractivity contribution in [2.75, 3.05) is 46.3 Å². The van der Waals surface area contributed by atoms with Crippen LogP contribution in [0.3, 0.4) is 0 Å². The van der Waals surface area contributed by atoms with Crippen LogP contribution >= 0.6 is 0 Å². The van der Waals surface area contributed by atoms with Crippen LogP contribution in [-0.4, -0.2) is 62.2 Å². The number of likely N-dealkylation sites (N-methyl/N-ethyl adjacent to an activating group) is 1. The molecular formula is C13H29N3. The van der Waals surface area contributed by atoms with E-state index in [9.17, 15) is 0 Å². The lowest BCUT2D eigenvalue weighted by molar-refractivity contribution is 0.106. The summed E-state index contributed by atoms with van der Waals surface area (Å²) >= 11 is 0. The number of hydrogen-bond acceptors (Lipinski definition) is 3. The SMILES string of the molecule is CC(C)CCNCCN1CCN(C)C(C)C1. The summed E-state index contributed by atoms with van der Waals surface area (Å²) in [6.07, 6.45) is 1.29. The molecule has 0 aromatic heterocycles. The Morgan fingerprint density at radius 1 is 1.25 bits per heavy atom. The van der Waals surface area contributed by atoms with Gasteiger partial charge in [-0.1, -0.05) is 13.8 Å². The molecule has 1 atom stereocenters. The lowest BCUT2D eigenvalue weighted by atomic mass is 10.1. The van der Waals surface area contributed by atoms with Crippen molar-refractivity contribution in [1.29, 1.82) is 0 Å². The molecule has 1 aliphatic heterocycles. The molecule has 1 aliphatic rings. The van der Waals surface area contributed by atoms with Gasteiger partial charge in [0.15, 0.2) is 0 Å². The molecule has 3 nitrogen and oxygen atoms in total. The summed E-state index contributed by atoms with van der Waals surface area (Å²) in [5, 5.41) is 3.53. The Bertz CT molecular complexity index is 182. The van der Waals surface area contributed by atoms with Crippen LogP contribution in [0.25, 0.3) is 0 Å². The van der Waals surface area contributed by atoms with E-state index in [2.05, 4.69) is 42.9 Å². The molecule has 0 aliphatic carbocycles. The Kier molecular flexibility index (Phi) is 6.32. The number of hydrogen-bond donors (Lipinski definition) is 1. The van der Waals surface area contributed by atoms with Crippen LogP contribution in [0.2, 0.25) is 0 Å². The van der Waals surface area contributed by atoms with Crippen molar-refractivity contribution in [2.45, 2.75) is 33.2 Å². The molecule has 96 valence electrons. The third-order valence-corrected chi connectivity index (χ3v) is 3.55. The standard InChI is InChI=1S/C13H29N3/c1-12(2)5-6-14-7-8-16-10-9-15(4)13(3)11-16/h12-14H,5-11H2,1-4H3. The largest absolute Gasteiger partial charge is 0.315 e. The zero-order valence-corrected chi connectivity index (χ0v) is 11.5. The highest BCUT2D eigenvalue weighted by Gasteiger charge is 2.19. The summed E-state index contributed by atoms with van der Waals surface area (Å²) in [5.41, 5.74) is 0. The monoisotopic (exact) mass is 227 g/mol. The fraction of sp³-hybridized carbons (Fsp3) is 1.00. The number of piperazine rings is 1. The summed E-state index contributed by atoms with van der Waals surface area (Å²) in [7, 11) is 2.23. The molecule has 1 saturated heterocycles. The molecule has 0 spiro atoms. The Labute approximate surface area is 101 Å². The van der Waals surface area contributed by atoms with Crippen molar-refractivity contribution >= 4 is 0 Å². The van der Waals surface area contributed by atoms with Crippen LogP contribution in [-0.2, 0) is 0 Å². The van der Waals surface area contributed by atoms with E-state index in [4.69, 9.17) is 0 Å². The predicted octanol–water partition coefficient (Wildman–Crippen LogP) is 1.26. The van der Waals surface area contributed by atoms with Gasteiger partial charge < -0.3 is 10.2 Å². The molecule has 0 aromatic rings. The van der Waals surface area contributed by atoms with Crippen LogP contribution in [0.5, 0.6) is 0 Å². The van der Waals surface area contributed by atoms with Gasteiger partial charge in [-0.05, 0) is 32.9 Å². The van der Waals surface area contributed by atoms with Crippen molar-refractivity contribution in [1.82, 2.24) is 15.1 Å². The second kappa shape index (κ2) is 7.25. The first-order chi connectivity index (χ1) is 7.59. The minimum atomic E-state index is 0.712. The molecule has 3 heteroatoms. The van der Waals surface area contributed by atoms with E-state index in [-0.39, 0.29) is 0 Å². The van der Waals surface area contributed by atoms with Crippen molar-refractivity contribution in [2.24, 2.45) is 5.92 Å². The van der Waals surface area contributed by atoms with E-state index >= 15 is 0 Å². The summed E-state index contributed by atoms with van der Waals surface area (Å²) in [6.45, 7) is 14.1. The average molecular weight is 227 g/mol. The lowest BCUT2D eigenvalue weighted by Gasteiger charge is -2.37. The van der Waals surface area contributed by atoms with E-state index in [0.717, 1.165) is 12.5 Å². The maximum absolute atomic E-state index is 3.53. The molecule has 16 heavy (non-hydrogen) atoms. The molecule has 1 fully saturated rings. The van der Waals surface area contributed by atoms with Crippen LogP contribution in [0.15, 0.2) is 0 Å². The van der Waals surface area contributed by atoms with Crippen LogP contribution in [0.4, 0.5) is 0 Å². The molecule has 0 saturated carbocycles. The van der Waals surface area contributed by atoms with Gasteiger partial charge in [0.05, 0.1) is 0 Å². The molecule has 1 unspecified atom stereocenters. The second-order valence-electron chi connectivity index (χ2n) is 5.56. The zero-order valence-electron chi connectivity index (χ0n) is 11.5. The molecule has 1 heterocycles. The minimum Gasteiger partial charge on any atom is -0.315 e. The van der Waals surface area contributed by atoms with Crippen LogP contribution in [0, 0.1) is 5.92 Å². The van der Waals surface area contributed by atoms with Gasteiger partial charge in [-0.2, -0.15) is 0 Å². The van der Waals surface area contributed by atoms with Gasteiger partial charge in [-0.15, -0.1) is 0 Å². The number of rotatable bonds is 6. The van der Waals surface area contributed by atoms with Gasteiger partial charge in [0.2, 0.25) is 0 Å². The van der Waals surface area contributed by atoms with Crippen LogP contribution in [0.1, 0.15) is 27.2 Å². The molecule has 1 N–H and O–H groups in total. The Morgan fingerprint density at radius 3 is 2.62 bits per heavy atom. The maximum Gasteiger partial charge on any atom is 0.0192 e. The zero-order chi connectivity index (χ0) is 12.0. The summed E-state index contributed by atoms with van der Waals surface area (Å²) in [5.74, 6) is 0.816. The Morgan fingerprint density at radius 2 is 2.00 bits per heavy atom. The lowest BCUT2D eigenvalue weighted by Crippen LogP contribution is -2.51. The second-order valence-corrected chi connectivity index (χ2v) is 5.56. The third-order valence-electron chi connectivity index (χ3n) is 3.55. The molecule has 1 rings (SSSR count). The van der Waals surface area contributed by atoms with Crippen LogP contribution < -0.4 is 5.32 Å². The maximum atomic E-state index is 3.53. The number of nitrogens with one attached hydrogen (secondary N) is 1. The van der Waals surface area contributed by atoms with E-state index < -0.39 is 0 Å². The van der Waals surface area contributed by atoms with Crippen molar-refractivity contribution in [3.8, 4) is 0 Å². The van der Waals surface area contributed by atoms with Crippen molar-refractivity contribution in [3.63, 3.8) is 0 Å². The van der Waals surface area contributed by atoms with E-state index in [1.165, 1.54) is 39.1 Å². The van der Waals surface area contributed by atoms with Crippen molar-refractivity contribution < 1.29 is 0 Å². The highest BCUT2D eigenvalue weighted by Crippen LogP contribution is 2.05. The Hall–Kier alpha value is -0.120. The molecule has 0 amide bonds. The van der Waals surface area contributed by atoms with E-state index in [1.807, 2.05) is 0 Å². The summed E-state index contributed by atoms with van der Waals surface area (Å²) in [6, 6.07) is 0.712. The fourth-order valence-electron chi connectivity index (χ4n) is 2.08. The fourth-order valence-corrected chi connectivity index (χ4v) is 2.08. The summed E-state index contributed by atoms with van der Waals surface area (Å²) in [4.78, 5) is 5.02. The first kappa shape index (κ1) is 13.9. The van der Waals surface area contributed by atoms with Crippen molar-refractivity contribution in [3.05, 3.63) is 0 Å². The quantitative estimate of drug-likeness (QED) is 0.689. The predicted molar refractivity (Wildman–Crippen MR) is 70.9 cm³/mol. The van der Waals surface area contributed by atoms with E-state index in [0.29, 0.717) is 6.04 Å². The van der Waals surface area contributed by atoms with Gasteiger partial charge in [0, 0.05) is 38.8 Å². The Balaban J connectivity index is 2.01. The first-order valence-corrected chi connectivity index (χ1v) is 6.73. The smallest absolute Gasteiger partial charge is 0.0192 e. The third kappa shape index (κ3) is 5.28. The molecular weight excluding hydrogens is 198 g/mol. The van der Waals surface area contributed by atoms with Gasteiger partial charge in [-0.3, -0.25) is 4.90 Å². The summed E-state index contributed by atoms with van der Waals surface area (Å²) < 4.78 is 0. The topological polar surface area (TPSA) is 18.5 Å². The van der Waals surface area contributed by atoms with Gasteiger partial charge in [-0.25, -0.2) is 0 Å². The van der Waals surface area contributed by atoms with E-state index in [1.54, 1.807) is 0 Å².